The Labute approximate surface area is 191 Å². The van der Waals surface area contributed by atoms with Crippen molar-refractivity contribution in [3.63, 3.8) is 0 Å². The number of nitrogens with zero attached hydrogens (tertiary/aromatic N) is 2. The second-order valence-electron chi connectivity index (χ2n) is 9.21. The lowest BCUT2D eigenvalue weighted by molar-refractivity contribution is -0.139. The summed E-state index contributed by atoms with van der Waals surface area (Å²) < 4.78 is 58.6. The first-order valence-corrected chi connectivity index (χ1v) is 11.8. The third kappa shape index (κ3) is 5.99. The predicted molar refractivity (Wildman–Crippen MR) is 117 cm³/mol. The summed E-state index contributed by atoms with van der Waals surface area (Å²) in [5.41, 5.74) is -0.450. The monoisotopic (exact) mass is 469 g/mol. The molecule has 9 heteroatoms. The molecule has 33 heavy (non-hydrogen) atoms. The van der Waals surface area contributed by atoms with E-state index in [0.717, 1.165) is 50.3 Å². The molecule has 1 aromatic carbocycles. The number of rotatable bonds is 6. The van der Waals surface area contributed by atoms with Crippen LogP contribution in [0.15, 0.2) is 30.0 Å². The number of nitrogens with one attached hydrogen (secondary N) is 1. The molecule has 1 N–H and O–H groups in total. The molecule has 2 fully saturated rings. The van der Waals surface area contributed by atoms with Crippen LogP contribution in [-0.2, 0) is 15.7 Å². The Morgan fingerprint density at radius 1 is 1.09 bits per heavy atom. The fourth-order valence-corrected chi connectivity index (χ4v) is 4.99. The Hall–Kier alpha value is -2.29. The number of carbonyl (C=O) groups is 1. The van der Waals surface area contributed by atoms with Crippen molar-refractivity contribution in [3.05, 3.63) is 41.4 Å². The van der Waals surface area contributed by atoms with Crippen LogP contribution in [0, 0.1) is 11.7 Å². The normalized spacial score (nSPS) is 24.4. The molecule has 0 bridgehead atoms. The fourth-order valence-electron chi connectivity index (χ4n) is 4.99. The minimum atomic E-state index is -4.69. The van der Waals surface area contributed by atoms with E-state index in [4.69, 9.17) is 4.74 Å². The summed E-state index contributed by atoms with van der Waals surface area (Å²) >= 11 is 0. The number of carbonyl (C=O) groups excluding carboxylic acids is 1. The highest BCUT2D eigenvalue weighted by Gasteiger charge is 2.36. The first-order valence-electron chi connectivity index (χ1n) is 11.8. The summed E-state index contributed by atoms with van der Waals surface area (Å²) in [6.07, 6.45) is 2.73. The van der Waals surface area contributed by atoms with E-state index in [1.807, 2.05) is 0 Å². The molecule has 5 nitrogen and oxygen atoms in total. The Bertz CT molecular complexity index is 858. The van der Waals surface area contributed by atoms with Gasteiger partial charge in [-0.25, -0.2) is 4.39 Å². The highest BCUT2D eigenvalue weighted by Crippen LogP contribution is 2.35. The van der Waals surface area contributed by atoms with Crippen molar-refractivity contribution in [2.75, 3.05) is 44.2 Å². The van der Waals surface area contributed by atoms with E-state index in [9.17, 15) is 22.4 Å². The van der Waals surface area contributed by atoms with E-state index in [2.05, 4.69) is 10.2 Å². The number of benzene rings is 1. The summed E-state index contributed by atoms with van der Waals surface area (Å²) in [5, 5.41) is 3.12. The van der Waals surface area contributed by atoms with E-state index >= 15 is 0 Å². The van der Waals surface area contributed by atoms with Crippen molar-refractivity contribution in [1.29, 1.82) is 0 Å². The number of hydrogen-bond acceptors (Lipinski definition) is 4. The zero-order valence-electron chi connectivity index (χ0n) is 18.7. The van der Waals surface area contributed by atoms with Gasteiger partial charge in [-0.15, -0.1) is 0 Å². The summed E-state index contributed by atoms with van der Waals surface area (Å²) in [6, 6.07) is 3.70. The van der Waals surface area contributed by atoms with Crippen LogP contribution in [0.25, 0.3) is 0 Å². The minimum Gasteiger partial charge on any atom is -0.500 e. The maximum absolute atomic E-state index is 14.4. The second kappa shape index (κ2) is 10.3. The van der Waals surface area contributed by atoms with Gasteiger partial charge in [-0.2, -0.15) is 13.2 Å². The van der Waals surface area contributed by atoms with Gasteiger partial charge in [0.05, 0.1) is 29.7 Å². The minimum absolute atomic E-state index is 0.00831. The lowest BCUT2D eigenvalue weighted by Gasteiger charge is -2.37. The molecule has 1 amide bonds. The van der Waals surface area contributed by atoms with Crippen molar-refractivity contribution in [2.45, 2.75) is 50.7 Å². The van der Waals surface area contributed by atoms with E-state index in [1.54, 1.807) is 11.2 Å². The van der Waals surface area contributed by atoms with Gasteiger partial charge in [-0.1, -0.05) is 6.07 Å². The third-order valence-corrected chi connectivity index (χ3v) is 7.04. The highest BCUT2D eigenvalue weighted by atomic mass is 19.4. The smallest absolute Gasteiger partial charge is 0.419 e. The van der Waals surface area contributed by atoms with Crippen molar-refractivity contribution in [1.82, 2.24) is 10.2 Å². The Kier molecular flexibility index (Phi) is 7.46. The van der Waals surface area contributed by atoms with E-state index in [-0.39, 0.29) is 17.6 Å². The van der Waals surface area contributed by atoms with Crippen LogP contribution in [0.3, 0.4) is 0 Å². The van der Waals surface area contributed by atoms with Crippen LogP contribution < -0.4 is 10.2 Å². The largest absolute Gasteiger partial charge is 0.500 e. The molecule has 0 spiro atoms. The maximum Gasteiger partial charge on any atom is 0.419 e. The Balaban J connectivity index is 1.18. The molecule has 182 valence electrons. The molecule has 0 unspecified atom stereocenters. The highest BCUT2D eigenvalue weighted by molar-refractivity contribution is 5.93. The van der Waals surface area contributed by atoms with Gasteiger partial charge in [0.1, 0.15) is 0 Å². The molecule has 1 saturated heterocycles. The fraction of sp³-hybridized carbons (Fsp3) is 0.625. The van der Waals surface area contributed by atoms with Gasteiger partial charge in [0.15, 0.2) is 5.82 Å². The van der Waals surface area contributed by atoms with Crippen LogP contribution in [0.4, 0.5) is 23.2 Å². The Morgan fingerprint density at radius 2 is 1.82 bits per heavy atom. The first kappa shape index (κ1) is 23.9. The summed E-state index contributed by atoms with van der Waals surface area (Å²) in [4.78, 5) is 16.2. The number of piperazine rings is 1. The topological polar surface area (TPSA) is 44.8 Å². The van der Waals surface area contributed by atoms with Crippen LogP contribution in [-0.4, -0.2) is 56.2 Å². The summed E-state index contributed by atoms with van der Waals surface area (Å²) in [7, 11) is 0. The van der Waals surface area contributed by atoms with Crippen molar-refractivity contribution >= 4 is 11.6 Å². The standard InChI is InChI=1S/C24H31F4N3O2/c25-22-20(24(26,27)28)2-1-3-21(22)31-13-11-30(12-14-31)10-8-17-4-6-19(7-5-17)29-23(32)18-9-15-33-16-18/h1-3,16-17,19H,4-15H2,(H,29,32). The van der Waals surface area contributed by atoms with Gasteiger partial charge in [0.2, 0.25) is 0 Å². The van der Waals surface area contributed by atoms with Gasteiger partial charge >= 0.3 is 6.18 Å². The summed E-state index contributed by atoms with van der Waals surface area (Å²) in [6.45, 7) is 3.95. The number of halogens is 4. The average molecular weight is 470 g/mol. The van der Waals surface area contributed by atoms with Crippen LogP contribution in [0.1, 0.15) is 44.1 Å². The molecule has 0 atom stereocenters. The van der Waals surface area contributed by atoms with Crippen molar-refractivity contribution < 1.29 is 27.1 Å². The third-order valence-electron chi connectivity index (χ3n) is 7.04. The molecule has 2 heterocycles. The zero-order chi connectivity index (χ0) is 23.4. The number of ether oxygens (including phenoxy) is 1. The lowest BCUT2D eigenvalue weighted by Crippen LogP contribution is -2.47. The Morgan fingerprint density at radius 3 is 2.45 bits per heavy atom. The maximum atomic E-state index is 14.4. The first-order chi connectivity index (χ1) is 15.8. The van der Waals surface area contributed by atoms with Crippen LogP contribution >= 0.6 is 0 Å². The van der Waals surface area contributed by atoms with Crippen LogP contribution in [0.5, 0.6) is 0 Å². The summed E-state index contributed by atoms with van der Waals surface area (Å²) in [5.74, 6) is -0.573. The zero-order valence-corrected chi connectivity index (χ0v) is 18.7. The van der Waals surface area contributed by atoms with E-state index < -0.39 is 17.6 Å². The van der Waals surface area contributed by atoms with Gasteiger partial charge in [-0.3, -0.25) is 9.69 Å². The van der Waals surface area contributed by atoms with Crippen molar-refractivity contribution in [2.24, 2.45) is 5.92 Å². The van der Waals surface area contributed by atoms with Gasteiger partial charge in [0.25, 0.3) is 5.91 Å². The molecule has 4 rings (SSSR count). The van der Waals surface area contributed by atoms with E-state index in [0.29, 0.717) is 45.1 Å². The van der Waals surface area contributed by atoms with Gasteiger partial charge in [-0.05, 0) is 56.7 Å². The van der Waals surface area contributed by atoms with Gasteiger partial charge < -0.3 is 15.0 Å². The average Bonchev–Trinajstić information content (AvgIpc) is 3.34. The van der Waals surface area contributed by atoms with E-state index in [1.165, 1.54) is 12.1 Å². The second-order valence-corrected chi connectivity index (χ2v) is 9.21. The molecular formula is C24H31F4N3O2. The molecule has 1 saturated carbocycles. The molecule has 1 aliphatic carbocycles. The SMILES string of the molecule is O=C(NC1CCC(CCN2CCN(c3cccc(C(F)(F)F)c3F)CC2)CC1)C1=COCC1. The van der Waals surface area contributed by atoms with Crippen LogP contribution in [0.2, 0.25) is 0 Å². The molecule has 3 aliphatic rings. The molecule has 1 aromatic rings. The number of anilines is 1. The number of amides is 1. The lowest BCUT2D eigenvalue weighted by atomic mass is 9.84. The molecular weight excluding hydrogens is 438 g/mol. The molecule has 2 aliphatic heterocycles. The number of alkyl halides is 3. The van der Waals surface area contributed by atoms with Crippen molar-refractivity contribution in [3.8, 4) is 0 Å². The molecule has 0 aromatic heterocycles. The number of hydrogen-bond donors (Lipinski definition) is 1. The van der Waals surface area contributed by atoms with Gasteiger partial charge in [0, 0.05) is 38.6 Å². The molecule has 0 radical (unpaired) electrons. The quantitative estimate of drug-likeness (QED) is 0.630. The predicted octanol–water partition coefficient (Wildman–Crippen LogP) is 4.34.